The van der Waals surface area contributed by atoms with Crippen LogP contribution in [0.4, 0.5) is 0 Å². The molecule has 4 nitrogen and oxygen atoms in total. The van der Waals surface area contributed by atoms with Crippen molar-refractivity contribution in [1.82, 2.24) is 0 Å². The maximum Gasteiger partial charge on any atom is 0.320 e. The van der Waals surface area contributed by atoms with Crippen LogP contribution in [0.15, 0.2) is 0 Å². The first-order valence-corrected chi connectivity index (χ1v) is 3.78. The van der Waals surface area contributed by atoms with Crippen LogP contribution in [-0.4, -0.2) is 20.9 Å². The van der Waals surface area contributed by atoms with Gasteiger partial charge in [-0.2, -0.15) is 0 Å². The second-order valence-corrected chi connectivity index (χ2v) is 3.04. The van der Waals surface area contributed by atoms with Gasteiger partial charge in [0, 0.05) is 6.42 Å². The molecule has 1 atom stereocenters. The van der Waals surface area contributed by atoms with E-state index in [1.807, 2.05) is 0 Å². The van der Waals surface area contributed by atoms with Gasteiger partial charge in [0.15, 0.2) is 3.79 Å². The van der Waals surface area contributed by atoms with Crippen molar-refractivity contribution in [1.29, 1.82) is 0 Å². The molecule has 0 heterocycles. The number of hydrogen-bond acceptors (Lipinski definition) is 3. The Balaban J connectivity index is 3.49. The highest BCUT2D eigenvalue weighted by Crippen LogP contribution is 2.00. The Morgan fingerprint density at radius 3 is 2.40 bits per heavy atom. The third kappa shape index (κ3) is 4.68. The van der Waals surface area contributed by atoms with Crippen LogP contribution < -0.4 is 5.73 Å². The molecule has 5 heteroatoms. The highest BCUT2D eigenvalue weighted by atomic mass is 127. The van der Waals surface area contributed by atoms with E-state index in [-0.39, 0.29) is 16.6 Å². The van der Waals surface area contributed by atoms with E-state index in [2.05, 4.69) is 0 Å². The summed E-state index contributed by atoms with van der Waals surface area (Å²) in [5, 5.41) is 8.26. The first kappa shape index (κ1) is 9.83. The van der Waals surface area contributed by atoms with E-state index in [9.17, 15) is 9.59 Å². The molecular formula is C5H8INO3. The monoisotopic (exact) mass is 257 g/mol. The van der Waals surface area contributed by atoms with Crippen molar-refractivity contribution in [2.75, 3.05) is 0 Å². The van der Waals surface area contributed by atoms with Gasteiger partial charge in [-0.3, -0.25) is 9.59 Å². The Labute approximate surface area is 71.9 Å². The largest absolute Gasteiger partial charge is 0.480 e. The van der Waals surface area contributed by atoms with Crippen molar-refractivity contribution < 1.29 is 14.7 Å². The molecule has 0 aromatic rings. The van der Waals surface area contributed by atoms with E-state index in [1.54, 1.807) is 22.6 Å². The summed E-state index contributed by atoms with van der Waals surface area (Å²) >= 11 is 1.61. The van der Waals surface area contributed by atoms with E-state index in [0.717, 1.165) is 0 Å². The van der Waals surface area contributed by atoms with Gasteiger partial charge in [0.1, 0.15) is 6.04 Å². The molecule has 10 heavy (non-hydrogen) atoms. The summed E-state index contributed by atoms with van der Waals surface area (Å²) in [5.41, 5.74) is 5.11. The van der Waals surface area contributed by atoms with Gasteiger partial charge in [-0.15, -0.1) is 0 Å². The lowest BCUT2D eigenvalue weighted by atomic mass is 10.2. The van der Waals surface area contributed by atoms with Crippen molar-refractivity contribution in [3.05, 3.63) is 0 Å². The van der Waals surface area contributed by atoms with Crippen LogP contribution in [0.25, 0.3) is 0 Å². The number of halogens is 1. The molecule has 1 unspecified atom stereocenters. The van der Waals surface area contributed by atoms with E-state index in [4.69, 9.17) is 10.8 Å². The molecular weight excluding hydrogens is 249 g/mol. The SMILES string of the molecule is NC(CCC(=O)I)C(=O)O. The molecule has 0 rings (SSSR count). The van der Waals surface area contributed by atoms with E-state index in [1.165, 1.54) is 0 Å². The highest BCUT2D eigenvalue weighted by molar-refractivity contribution is 14.1. The summed E-state index contributed by atoms with van der Waals surface area (Å²) < 4.78 is -0.0608. The summed E-state index contributed by atoms with van der Waals surface area (Å²) in [4.78, 5) is 20.4. The summed E-state index contributed by atoms with van der Waals surface area (Å²) in [6, 6.07) is -0.904. The Bertz CT molecular complexity index is 148. The molecule has 0 spiro atoms. The first-order chi connectivity index (χ1) is 4.54. The minimum absolute atomic E-state index is 0.0608. The molecule has 3 N–H and O–H groups in total. The van der Waals surface area contributed by atoms with Gasteiger partial charge < -0.3 is 10.8 Å². The second-order valence-electron chi connectivity index (χ2n) is 1.84. The highest BCUT2D eigenvalue weighted by Gasteiger charge is 2.11. The van der Waals surface area contributed by atoms with Gasteiger partial charge in [0.05, 0.1) is 0 Å². The fraction of sp³-hybridized carbons (Fsp3) is 0.600. The van der Waals surface area contributed by atoms with Crippen LogP contribution in [-0.2, 0) is 9.59 Å². The van der Waals surface area contributed by atoms with Crippen LogP contribution in [0, 0.1) is 0 Å². The molecule has 58 valence electrons. The number of nitrogens with two attached hydrogens (primary N) is 1. The number of carbonyl (C=O) groups excluding carboxylic acids is 1. The Morgan fingerprint density at radius 1 is 1.60 bits per heavy atom. The fourth-order valence-electron chi connectivity index (χ4n) is 0.392. The van der Waals surface area contributed by atoms with E-state index in [0.29, 0.717) is 0 Å². The van der Waals surface area contributed by atoms with Crippen molar-refractivity contribution in [3.63, 3.8) is 0 Å². The lowest BCUT2D eigenvalue weighted by Crippen LogP contribution is -2.30. The van der Waals surface area contributed by atoms with Gasteiger partial charge in [-0.1, -0.05) is 0 Å². The molecule has 0 fully saturated rings. The molecule has 0 saturated heterocycles. The third-order valence-electron chi connectivity index (χ3n) is 0.969. The van der Waals surface area contributed by atoms with E-state index >= 15 is 0 Å². The van der Waals surface area contributed by atoms with Gasteiger partial charge >= 0.3 is 5.97 Å². The third-order valence-corrected chi connectivity index (χ3v) is 1.51. The molecule has 0 aromatic carbocycles. The molecule has 0 aliphatic carbocycles. The van der Waals surface area contributed by atoms with Gasteiger partial charge in [-0.05, 0) is 29.0 Å². The zero-order valence-electron chi connectivity index (χ0n) is 5.21. The van der Waals surface area contributed by atoms with Crippen LogP contribution in [0.5, 0.6) is 0 Å². The first-order valence-electron chi connectivity index (χ1n) is 2.70. The minimum Gasteiger partial charge on any atom is -0.480 e. The number of carbonyl (C=O) groups is 2. The molecule has 0 saturated carbocycles. The second kappa shape index (κ2) is 4.62. The van der Waals surface area contributed by atoms with Crippen LogP contribution in [0.3, 0.4) is 0 Å². The number of aliphatic carboxylic acids is 1. The minimum atomic E-state index is -1.06. The van der Waals surface area contributed by atoms with Crippen molar-refractivity contribution in [2.45, 2.75) is 18.9 Å². The van der Waals surface area contributed by atoms with Crippen molar-refractivity contribution in [2.24, 2.45) is 5.73 Å². The smallest absolute Gasteiger partial charge is 0.320 e. The number of carboxylic acids is 1. The van der Waals surface area contributed by atoms with Crippen molar-refractivity contribution in [3.8, 4) is 0 Å². The lowest BCUT2D eigenvalue weighted by Gasteiger charge is -2.01. The predicted octanol–water partition coefficient (Wildman–Crippen LogP) is 0.140. The average Bonchev–Trinajstić information content (AvgIpc) is 1.82. The van der Waals surface area contributed by atoms with Gasteiger partial charge in [0.25, 0.3) is 0 Å². The number of carboxylic acid groups (broad SMARTS) is 1. The Kier molecular flexibility index (Phi) is 4.54. The predicted molar refractivity (Wildman–Crippen MR) is 43.9 cm³/mol. The maximum absolute atomic E-state index is 10.3. The quantitative estimate of drug-likeness (QED) is 0.554. The topological polar surface area (TPSA) is 80.4 Å². The van der Waals surface area contributed by atoms with Gasteiger partial charge in [0.2, 0.25) is 0 Å². The Morgan fingerprint density at radius 2 is 2.10 bits per heavy atom. The molecule has 0 aliphatic heterocycles. The Hall–Kier alpha value is -0.170. The molecule has 0 radical (unpaired) electrons. The number of hydrogen-bond donors (Lipinski definition) is 2. The number of rotatable bonds is 4. The van der Waals surface area contributed by atoms with Crippen LogP contribution in [0.1, 0.15) is 12.8 Å². The summed E-state index contributed by atoms with van der Waals surface area (Å²) in [6.07, 6.45) is 0.450. The van der Waals surface area contributed by atoms with Crippen LogP contribution >= 0.6 is 22.6 Å². The zero-order chi connectivity index (χ0) is 8.15. The molecule has 0 bridgehead atoms. The summed E-state index contributed by atoms with van der Waals surface area (Å²) in [5.74, 6) is -1.06. The van der Waals surface area contributed by atoms with E-state index < -0.39 is 12.0 Å². The lowest BCUT2D eigenvalue weighted by molar-refractivity contribution is -0.138. The fourth-order valence-corrected chi connectivity index (χ4v) is 0.704. The average molecular weight is 257 g/mol. The maximum atomic E-state index is 10.3. The van der Waals surface area contributed by atoms with Gasteiger partial charge in [-0.25, -0.2) is 0 Å². The normalized spacial score (nSPS) is 12.6. The van der Waals surface area contributed by atoms with Crippen LogP contribution in [0.2, 0.25) is 0 Å². The molecule has 0 amide bonds. The molecule has 0 aliphatic rings. The molecule has 0 aromatic heterocycles. The standard InChI is InChI=1S/C5H8INO3/c6-4(8)2-1-3(7)5(9)10/h3H,1-2,7H2,(H,9,10). The van der Waals surface area contributed by atoms with Crippen molar-refractivity contribution >= 4 is 32.4 Å². The zero-order valence-corrected chi connectivity index (χ0v) is 7.37. The summed E-state index contributed by atoms with van der Waals surface area (Å²) in [7, 11) is 0. The summed E-state index contributed by atoms with van der Waals surface area (Å²) in [6.45, 7) is 0.